The van der Waals surface area contributed by atoms with Crippen LogP contribution in [0.4, 0.5) is 74.6 Å². The molecule has 5 nitrogen and oxygen atoms in total. The number of hydrogen-bond donors (Lipinski definition) is 2. The highest BCUT2D eigenvalue weighted by Gasteiger charge is 2.94. The second-order valence-corrected chi connectivity index (χ2v) is 7.00. The highest BCUT2D eigenvalue weighted by atomic mass is 19.4. The number of benzene rings is 1. The Bertz CT molecular complexity index is 1140. The van der Waals surface area contributed by atoms with Crippen LogP contribution in [-0.2, 0) is 0 Å². The molecule has 0 heterocycles. The molecule has 0 spiro atoms. The summed E-state index contributed by atoms with van der Waals surface area (Å²) in [5.74, 6) is -62.0. The zero-order chi connectivity index (χ0) is 31.4. The first-order valence-corrected chi connectivity index (χ1v) is 8.71. The summed E-state index contributed by atoms with van der Waals surface area (Å²) < 4.78 is 230. The molecule has 22 heteroatoms. The van der Waals surface area contributed by atoms with Gasteiger partial charge < -0.3 is 14.9 Å². The molecule has 1 aromatic rings. The quantitative estimate of drug-likeness (QED) is 0.265. The van der Waals surface area contributed by atoms with E-state index in [1.807, 2.05) is 0 Å². The van der Waals surface area contributed by atoms with Gasteiger partial charge >= 0.3 is 59.7 Å². The van der Waals surface area contributed by atoms with E-state index < -0.39 is 82.4 Å². The molecule has 1 aromatic carbocycles. The summed E-state index contributed by atoms with van der Waals surface area (Å²) in [7, 11) is 0. The first-order valence-electron chi connectivity index (χ1n) is 8.71. The van der Waals surface area contributed by atoms with Crippen molar-refractivity contribution in [3.05, 3.63) is 41.2 Å². The number of alkyl halides is 14. The third-order valence-electron chi connectivity index (χ3n) is 4.43. The molecule has 0 fully saturated rings. The van der Waals surface area contributed by atoms with Crippen molar-refractivity contribution in [2.75, 3.05) is 0 Å². The number of hydrogen-bond acceptors (Lipinski definition) is 3. The molecule has 0 amide bonds. The molecule has 1 rings (SSSR count). The second-order valence-electron chi connectivity index (χ2n) is 7.00. The van der Waals surface area contributed by atoms with Crippen molar-refractivity contribution >= 4 is 11.9 Å². The van der Waals surface area contributed by atoms with Crippen LogP contribution >= 0.6 is 0 Å². The molecule has 0 saturated heterocycles. The van der Waals surface area contributed by atoms with Crippen LogP contribution in [0.15, 0.2) is 30.1 Å². The molecule has 0 atom stereocenters. The van der Waals surface area contributed by atoms with E-state index in [0.29, 0.717) is 0 Å². The highest BCUT2D eigenvalue weighted by Crippen LogP contribution is 2.63. The number of allylic oxidation sites excluding steroid dienone is 1. The van der Waals surface area contributed by atoms with Gasteiger partial charge in [0.2, 0.25) is 5.83 Å². The largest absolute Gasteiger partial charge is 0.478 e. The molecular weight excluding hydrogens is 607 g/mol. The summed E-state index contributed by atoms with van der Waals surface area (Å²) in [4.78, 5) is 21.7. The number of rotatable bonds is 11. The number of carbonyl (C=O) groups is 2. The van der Waals surface area contributed by atoms with Crippen LogP contribution in [0.2, 0.25) is 0 Å². The zero-order valence-corrected chi connectivity index (χ0v) is 17.3. The Morgan fingerprint density at radius 1 is 0.564 bits per heavy atom. The molecule has 0 aromatic heterocycles. The van der Waals surface area contributed by atoms with Crippen LogP contribution < -0.4 is 4.74 Å². The van der Waals surface area contributed by atoms with Gasteiger partial charge in [-0.25, -0.2) is 9.59 Å². The van der Waals surface area contributed by atoms with E-state index >= 15 is 0 Å². The maximum atomic E-state index is 13.9. The first-order chi connectivity index (χ1) is 17.0. The van der Waals surface area contributed by atoms with Gasteiger partial charge in [-0.15, -0.1) is 0 Å². The Labute approximate surface area is 201 Å². The minimum Gasteiger partial charge on any atom is -0.478 e. The molecule has 0 aliphatic carbocycles. The zero-order valence-electron chi connectivity index (χ0n) is 17.3. The molecule has 39 heavy (non-hydrogen) atoms. The van der Waals surface area contributed by atoms with E-state index in [4.69, 9.17) is 10.2 Å². The Morgan fingerprint density at radius 2 is 0.897 bits per heavy atom. The minimum absolute atomic E-state index is 0.118. The van der Waals surface area contributed by atoms with Gasteiger partial charge in [-0.3, -0.25) is 0 Å². The fraction of sp³-hybridized carbons (Fsp3) is 0.412. The van der Waals surface area contributed by atoms with Gasteiger partial charge in [0.05, 0.1) is 11.1 Å². The lowest BCUT2D eigenvalue weighted by atomic mass is 9.90. The molecule has 0 aliphatic rings. The summed E-state index contributed by atoms with van der Waals surface area (Å²) in [5.41, 5.74) is -2.85. The van der Waals surface area contributed by atoms with Crippen molar-refractivity contribution in [2.45, 2.75) is 41.6 Å². The predicted octanol–water partition coefficient (Wildman–Crippen LogP) is 6.94. The average Bonchev–Trinajstić information content (AvgIpc) is 2.76. The van der Waals surface area contributed by atoms with Gasteiger partial charge in [0.25, 0.3) is 0 Å². The smallest absolute Gasteiger partial charge is 0.471 e. The van der Waals surface area contributed by atoms with Crippen molar-refractivity contribution in [2.24, 2.45) is 0 Å². The van der Waals surface area contributed by atoms with Gasteiger partial charge in [-0.2, -0.15) is 74.6 Å². The van der Waals surface area contributed by atoms with E-state index in [1.165, 1.54) is 0 Å². The molecule has 2 N–H and O–H groups in total. The van der Waals surface area contributed by atoms with Crippen molar-refractivity contribution in [1.29, 1.82) is 0 Å². The van der Waals surface area contributed by atoms with E-state index in [2.05, 4.69) is 4.74 Å². The summed E-state index contributed by atoms with van der Waals surface area (Å²) in [5, 5.41) is 17.4. The van der Waals surface area contributed by atoms with Gasteiger partial charge in [0.1, 0.15) is 5.75 Å². The minimum atomic E-state index is -8.76. The maximum Gasteiger partial charge on any atom is 0.471 e. The lowest BCUT2D eigenvalue weighted by molar-refractivity contribution is -0.456. The van der Waals surface area contributed by atoms with Crippen LogP contribution in [0.1, 0.15) is 20.7 Å². The van der Waals surface area contributed by atoms with Crippen molar-refractivity contribution in [3.8, 4) is 5.75 Å². The third kappa shape index (κ3) is 4.99. The monoisotopic (exact) mass is 612 g/mol. The SMILES string of the molecule is O=C(O)c1cc(OC(F)(F)C(F)(F)C(F)(F)C(F)(F)C(F)(F)C(F)(F)C(F)(F)C(F)=C(F)F)cc(C(=O)O)c1. The topological polar surface area (TPSA) is 83.8 Å². The fourth-order valence-corrected chi connectivity index (χ4v) is 2.34. The summed E-state index contributed by atoms with van der Waals surface area (Å²) in [6, 6.07) is -0.523. The second kappa shape index (κ2) is 9.61. The molecule has 0 unspecified atom stereocenters. The third-order valence-corrected chi connectivity index (χ3v) is 4.43. The van der Waals surface area contributed by atoms with Gasteiger partial charge in [0, 0.05) is 0 Å². The van der Waals surface area contributed by atoms with Crippen molar-refractivity contribution in [1.82, 2.24) is 0 Å². The number of halogens is 17. The van der Waals surface area contributed by atoms with Crippen LogP contribution in [0.5, 0.6) is 5.75 Å². The van der Waals surface area contributed by atoms with E-state index in [0.717, 1.165) is 0 Å². The van der Waals surface area contributed by atoms with Crippen LogP contribution in [0.3, 0.4) is 0 Å². The summed E-state index contributed by atoms with van der Waals surface area (Å²) >= 11 is 0. The lowest BCUT2D eigenvalue weighted by Gasteiger charge is -2.41. The van der Waals surface area contributed by atoms with E-state index in [1.54, 1.807) is 0 Å². The number of carboxylic acids is 2. The van der Waals surface area contributed by atoms with Gasteiger partial charge in [-0.05, 0) is 18.2 Å². The van der Waals surface area contributed by atoms with Crippen molar-refractivity contribution in [3.63, 3.8) is 0 Å². The first kappa shape index (κ1) is 33.5. The highest BCUT2D eigenvalue weighted by molar-refractivity contribution is 5.94. The Morgan fingerprint density at radius 3 is 1.23 bits per heavy atom. The van der Waals surface area contributed by atoms with Crippen molar-refractivity contribution < 1.29 is 99.2 Å². The average molecular weight is 612 g/mol. The standard InChI is InChI=1S/C17H5F17O5/c18-7(8(19)20)11(21,22)12(23,24)13(25,26)14(27,28)15(29,30)16(31,32)17(33,34)39-6-2-4(9(35)36)1-5(3-6)10(37)38/h1-3H,(H,35,36)(H,37,38). The molecular formula is C17H5F17O5. The molecule has 0 aliphatic heterocycles. The maximum absolute atomic E-state index is 13.9. The Hall–Kier alpha value is -3.49. The van der Waals surface area contributed by atoms with Gasteiger partial charge in [-0.1, -0.05) is 0 Å². The molecule has 222 valence electrons. The summed E-state index contributed by atoms with van der Waals surface area (Å²) in [6.45, 7) is 0. The number of ether oxygens (including phenoxy) is 1. The van der Waals surface area contributed by atoms with Crippen LogP contribution in [0, 0.1) is 0 Å². The molecule has 0 radical (unpaired) electrons. The van der Waals surface area contributed by atoms with Gasteiger partial charge in [0.15, 0.2) is 0 Å². The number of aromatic carboxylic acids is 2. The fourth-order valence-electron chi connectivity index (χ4n) is 2.34. The Balaban J connectivity index is 3.72. The predicted molar refractivity (Wildman–Crippen MR) is 86.0 cm³/mol. The Kier molecular flexibility index (Phi) is 8.26. The van der Waals surface area contributed by atoms with Crippen LogP contribution in [-0.4, -0.2) is 63.8 Å². The molecule has 0 saturated carbocycles. The lowest BCUT2D eigenvalue weighted by Crippen LogP contribution is -2.73. The van der Waals surface area contributed by atoms with Crippen LogP contribution in [0.25, 0.3) is 0 Å². The molecule has 0 bridgehead atoms. The normalized spacial score (nSPS) is 14.2. The number of carboxylic acid groups (broad SMARTS) is 2. The van der Waals surface area contributed by atoms with E-state index in [9.17, 15) is 84.2 Å². The summed E-state index contributed by atoms with van der Waals surface area (Å²) in [6.07, 6.45) is -11.9. The van der Waals surface area contributed by atoms with E-state index in [-0.39, 0.29) is 18.2 Å².